The standard InChI is InChI=1S/C19H26BF2NO4.CH3F/c1-17(2)18(3,4)27-20(26-17)13-9-7-12(8-10-13)14-11-23(16(24)15(21)22)19(5,6)25-14;1-2/h7-10,14-15H,11H2,1-6H3;1H3. The van der Waals surface area contributed by atoms with Gasteiger partial charge in [0.05, 0.1) is 24.9 Å². The van der Waals surface area contributed by atoms with Gasteiger partial charge in [-0.15, -0.1) is 0 Å². The van der Waals surface area contributed by atoms with Gasteiger partial charge in [0, 0.05) is 0 Å². The van der Waals surface area contributed by atoms with E-state index in [4.69, 9.17) is 14.0 Å². The van der Waals surface area contributed by atoms with Crippen LogP contribution in [0.4, 0.5) is 13.2 Å². The molecule has 2 fully saturated rings. The van der Waals surface area contributed by atoms with Crippen LogP contribution in [0.5, 0.6) is 0 Å². The smallest absolute Gasteiger partial charge is 0.399 e. The van der Waals surface area contributed by atoms with E-state index in [0.29, 0.717) is 7.18 Å². The fourth-order valence-electron chi connectivity index (χ4n) is 3.33. The minimum Gasteiger partial charge on any atom is -0.399 e. The van der Waals surface area contributed by atoms with E-state index in [0.717, 1.165) is 15.9 Å². The normalized spacial score (nSPS) is 24.4. The number of hydrogen-bond acceptors (Lipinski definition) is 4. The zero-order valence-electron chi connectivity index (χ0n) is 18.0. The van der Waals surface area contributed by atoms with Crippen LogP contribution in [0.3, 0.4) is 0 Å². The van der Waals surface area contributed by atoms with E-state index in [2.05, 4.69) is 0 Å². The van der Waals surface area contributed by atoms with Gasteiger partial charge in [-0.1, -0.05) is 24.3 Å². The number of hydrogen-bond donors (Lipinski definition) is 0. The molecule has 1 amide bonds. The Morgan fingerprint density at radius 2 is 1.52 bits per heavy atom. The maximum atomic E-state index is 12.8. The van der Waals surface area contributed by atoms with E-state index < -0.39 is 42.5 Å². The predicted octanol–water partition coefficient (Wildman–Crippen LogP) is 3.47. The van der Waals surface area contributed by atoms with Gasteiger partial charge in [-0.2, -0.15) is 8.78 Å². The van der Waals surface area contributed by atoms with Crippen molar-refractivity contribution in [2.24, 2.45) is 0 Å². The van der Waals surface area contributed by atoms with Crippen molar-refractivity contribution >= 4 is 18.5 Å². The Labute approximate surface area is 170 Å². The van der Waals surface area contributed by atoms with Gasteiger partial charge in [0.25, 0.3) is 5.91 Å². The molecule has 0 N–H and O–H groups in total. The maximum Gasteiger partial charge on any atom is 0.494 e. The second-order valence-corrected chi connectivity index (χ2v) is 8.56. The molecule has 0 saturated carbocycles. The lowest BCUT2D eigenvalue weighted by Gasteiger charge is -2.32. The lowest BCUT2D eigenvalue weighted by atomic mass is 9.78. The summed E-state index contributed by atoms with van der Waals surface area (Å²) in [5.41, 5.74) is -0.248. The Kier molecular flexibility index (Phi) is 6.77. The summed E-state index contributed by atoms with van der Waals surface area (Å²) in [6.07, 6.45) is -3.51. The lowest BCUT2D eigenvalue weighted by molar-refractivity contribution is -0.157. The summed E-state index contributed by atoms with van der Waals surface area (Å²) in [5.74, 6) is -1.21. The number of carbonyl (C=O) groups is 1. The number of carbonyl (C=O) groups excluding carboxylic acids is 1. The second-order valence-electron chi connectivity index (χ2n) is 8.56. The van der Waals surface area contributed by atoms with Gasteiger partial charge >= 0.3 is 13.5 Å². The van der Waals surface area contributed by atoms with Crippen molar-refractivity contribution in [1.82, 2.24) is 4.90 Å². The van der Waals surface area contributed by atoms with Gasteiger partial charge in [0.15, 0.2) is 0 Å². The van der Waals surface area contributed by atoms with Crippen LogP contribution in [0, 0.1) is 0 Å². The van der Waals surface area contributed by atoms with Gasteiger partial charge < -0.3 is 18.9 Å². The molecule has 5 nitrogen and oxygen atoms in total. The highest BCUT2D eigenvalue weighted by atomic mass is 19.3. The van der Waals surface area contributed by atoms with Crippen LogP contribution in [0.15, 0.2) is 24.3 Å². The molecule has 2 aliphatic rings. The number of ether oxygens (including phenoxy) is 1. The molecule has 2 saturated heterocycles. The van der Waals surface area contributed by atoms with Crippen molar-refractivity contribution < 1.29 is 32.0 Å². The first kappa shape index (κ1) is 23.7. The lowest BCUT2D eigenvalue weighted by Crippen LogP contribution is -2.46. The predicted molar refractivity (Wildman–Crippen MR) is 105 cm³/mol. The average molecular weight is 415 g/mol. The zero-order chi connectivity index (χ0) is 22.2. The topological polar surface area (TPSA) is 48.0 Å². The van der Waals surface area contributed by atoms with E-state index >= 15 is 0 Å². The molecule has 1 unspecified atom stereocenters. The van der Waals surface area contributed by atoms with E-state index in [1.165, 1.54) is 0 Å². The Balaban J connectivity index is 0.00000145. The maximum absolute atomic E-state index is 12.8. The molecule has 0 aromatic heterocycles. The Hall–Kier alpha value is -1.58. The SMILES string of the molecule is CC1(C)OC(c2ccc(B3OC(C)(C)C(C)(C)O3)cc2)CN1C(=O)C(F)F.CF. The van der Waals surface area contributed by atoms with Gasteiger partial charge in [-0.25, -0.2) is 0 Å². The number of rotatable bonds is 3. The van der Waals surface area contributed by atoms with Crippen molar-refractivity contribution in [3.05, 3.63) is 29.8 Å². The minimum atomic E-state index is -3.04. The number of alkyl halides is 3. The molecule has 1 atom stereocenters. The first-order chi connectivity index (χ1) is 13.3. The summed E-state index contributed by atoms with van der Waals surface area (Å²) in [4.78, 5) is 12.8. The number of benzene rings is 1. The average Bonchev–Trinajstić information content (AvgIpc) is 3.07. The largest absolute Gasteiger partial charge is 0.494 e. The van der Waals surface area contributed by atoms with Crippen molar-refractivity contribution in [1.29, 1.82) is 0 Å². The van der Waals surface area contributed by atoms with Crippen molar-refractivity contribution in [3.8, 4) is 0 Å². The van der Waals surface area contributed by atoms with E-state index in [9.17, 15) is 18.0 Å². The summed E-state index contributed by atoms with van der Waals surface area (Å²) in [6, 6.07) is 7.48. The summed E-state index contributed by atoms with van der Waals surface area (Å²) < 4.78 is 53.1. The summed E-state index contributed by atoms with van der Waals surface area (Å²) in [6.45, 7) is 11.3. The Morgan fingerprint density at radius 3 is 1.97 bits per heavy atom. The third-order valence-electron chi connectivity index (χ3n) is 5.72. The molecule has 162 valence electrons. The molecule has 0 aliphatic carbocycles. The summed E-state index contributed by atoms with van der Waals surface area (Å²) >= 11 is 0. The van der Waals surface area contributed by atoms with Gasteiger partial charge in [0.2, 0.25) is 0 Å². The van der Waals surface area contributed by atoms with Gasteiger partial charge in [0.1, 0.15) is 11.8 Å². The van der Waals surface area contributed by atoms with Crippen molar-refractivity contribution in [2.45, 2.75) is 71.0 Å². The molecule has 9 heteroatoms. The molecule has 2 heterocycles. The van der Waals surface area contributed by atoms with Crippen molar-refractivity contribution in [3.63, 3.8) is 0 Å². The number of amides is 1. The Morgan fingerprint density at radius 1 is 1.03 bits per heavy atom. The van der Waals surface area contributed by atoms with E-state index in [-0.39, 0.29) is 6.54 Å². The Bertz CT molecular complexity index is 709. The molecule has 0 radical (unpaired) electrons. The second kappa shape index (κ2) is 8.28. The van der Waals surface area contributed by atoms with Crippen LogP contribution >= 0.6 is 0 Å². The molecule has 0 spiro atoms. The molecule has 0 bridgehead atoms. The fourth-order valence-corrected chi connectivity index (χ4v) is 3.33. The van der Waals surface area contributed by atoms with Crippen LogP contribution in [0.1, 0.15) is 53.2 Å². The van der Waals surface area contributed by atoms with E-state index in [1.807, 2.05) is 52.0 Å². The number of nitrogens with zero attached hydrogens (tertiary/aromatic N) is 1. The molecule has 2 aliphatic heterocycles. The van der Waals surface area contributed by atoms with Gasteiger partial charge in [-0.3, -0.25) is 9.18 Å². The molecule has 3 rings (SSSR count). The molecule has 29 heavy (non-hydrogen) atoms. The monoisotopic (exact) mass is 415 g/mol. The quantitative estimate of drug-likeness (QED) is 0.710. The van der Waals surface area contributed by atoms with Crippen LogP contribution < -0.4 is 5.46 Å². The van der Waals surface area contributed by atoms with Crippen LogP contribution in [0.2, 0.25) is 0 Å². The first-order valence-corrected chi connectivity index (χ1v) is 9.45. The third kappa shape index (κ3) is 4.62. The third-order valence-corrected chi connectivity index (χ3v) is 5.72. The fraction of sp³-hybridized carbons (Fsp3) is 0.650. The summed E-state index contributed by atoms with van der Waals surface area (Å²) in [7, 11) is 0.0295. The van der Waals surface area contributed by atoms with Crippen LogP contribution in [-0.4, -0.2) is 55.0 Å². The van der Waals surface area contributed by atoms with Crippen molar-refractivity contribution in [2.75, 3.05) is 13.7 Å². The first-order valence-electron chi connectivity index (χ1n) is 9.45. The van der Waals surface area contributed by atoms with Crippen LogP contribution in [-0.2, 0) is 18.8 Å². The number of halogens is 3. The summed E-state index contributed by atoms with van der Waals surface area (Å²) in [5, 5.41) is 0. The highest BCUT2D eigenvalue weighted by Gasteiger charge is 2.51. The molecular formula is C20H29BF3NO4. The van der Waals surface area contributed by atoms with E-state index in [1.54, 1.807) is 13.8 Å². The van der Waals surface area contributed by atoms with Crippen LogP contribution in [0.25, 0.3) is 0 Å². The highest BCUT2D eigenvalue weighted by molar-refractivity contribution is 6.62. The molecule has 1 aromatic carbocycles. The molecular weight excluding hydrogens is 386 g/mol. The zero-order valence-corrected chi connectivity index (χ0v) is 18.0. The van der Waals surface area contributed by atoms with Gasteiger partial charge in [-0.05, 0) is 52.6 Å². The molecule has 1 aromatic rings. The highest BCUT2D eigenvalue weighted by Crippen LogP contribution is 2.38. The minimum absolute atomic E-state index is 0.0893.